The number of amides is 1. The van der Waals surface area contributed by atoms with Crippen molar-refractivity contribution in [2.24, 2.45) is 11.0 Å². The van der Waals surface area contributed by atoms with Crippen LogP contribution in [-0.4, -0.2) is 12.1 Å². The SMILES string of the molecule is CCCC1C=NNC1=O. The Hall–Kier alpha value is -0.860. The van der Waals surface area contributed by atoms with Crippen LogP contribution in [0.2, 0.25) is 0 Å². The zero-order valence-corrected chi connectivity index (χ0v) is 5.42. The van der Waals surface area contributed by atoms with E-state index in [9.17, 15) is 4.79 Å². The summed E-state index contributed by atoms with van der Waals surface area (Å²) in [5.41, 5.74) is 2.38. The summed E-state index contributed by atoms with van der Waals surface area (Å²) in [5, 5.41) is 3.64. The van der Waals surface area contributed by atoms with Crippen LogP contribution in [0.4, 0.5) is 0 Å². The lowest BCUT2D eigenvalue weighted by Crippen LogP contribution is -2.19. The van der Waals surface area contributed by atoms with Gasteiger partial charge >= 0.3 is 0 Å². The Bertz CT molecular complexity index is 142. The van der Waals surface area contributed by atoms with Crippen LogP contribution in [0.1, 0.15) is 19.8 Å². The second-order valence-electron chi connectivity index (χ2n) is 2.15. The van der Waals surface area contributed by atoms with Crippen LogP contribution >= 0.6 is 0 Å². The van der Waals surface area contributed by atoms with Gasteiger partial charge in [-0.3, -0.25) is 4.79 Å². The largest absolute Gasteiger partial charge is 0.272 e. The summed E-state index contributed by atoms with van der Waals surface area (Å²) < 4.78 is 0. The summed E-state index contributed by atoms with van der Waals surface area (Å²) in [6, 6.07) is 0. The molecule has 3 nitrogen and oxygen atoms in total. The standard InChI is InChI=1S/C6H10N2O/c1-2-3-5-4-7-8-6(5)9/h4-5H,2-3H2,1H3,(H,8,9). The van der Waals surface area contributed by atoms with Crippen LogP contribution < -0.4 is 5.43 Å². The van der Waals surface area contributed by atoms with Gasteiger partial charge in [-0.25, -0.2) is 5.43 Å². The van der Waals surface area contributed by atoms with Crippen molar-refractivity contribution in [2.45, 2.75) is 19.8 Å². The van der Waals surface area contributed by atoms with E-state index in [-0.39, 0.29) is 11.8 Å². The van der Waals surface area contributed by atoms with Crippen molar-refractivity contribution in [1.29, 1.82) is 0 Å². The molecule has 0 fully saturated rings. The third-order valence-electron chi connectivity index (χ3n) is 1.37. The maximum atomic E-state index is 10.7. The fraction of sp³-hybridized carbons (Fsp3) is 0.667. The van der Waals surface area contributed by atoms with Crippen molar-refractivity contribution in [1.82, 2.24) is 5.43 Å². The Labute approximate surface area is 54.1 Å². The summed E-state index contributed by atoms with van der Waals surface area (Å²) in [4.78, 5) is 10.7. The number of hydrogen-bond acceptors (Lipinski definition) is 2. The molecule has 1 atom stereocenters. The lowest BCUT2D eigenvalue weighted by atomic mass is 10.1. The van der Waals surface area contributed by atoms with Crippen LogP contribution in [0.3, 0.4) is 0 Å². The van der Waals surface area contributed by atoms with Crippen molar-refractivity contribution in [3.63, 3.8) is 0 Å². The average Bonchev–Trinajstić information content (AvgIpc) is 2.18. The molecule has 0 aliphatic carbocycles. The van der Waals surface area contributed by atoms with E-state index in [2.05, 4.69) is 17.5 Å². The number of nitrogens with one attached hydrogen (secondary N) is 1. The number of rotatable bonds is 2. The van der Waals surface area contributed by atoms with E-state index in [0.717, 1.165) is 12.8 Å². The molecule has 0 saturated heterocycles. The lowest BCUT2D eigenvalue weighted by Gasteiger charge is -1.98. The Morgan fingerprint density at radius 3 is 3.11 bits per heavy atom. The number of hydrogen-bond donors (Lipinski definition) is 1. The first-order chi connectivity index (χ1) is 4.34. The number of nitrogens with zero attached hydrogens (tertiary/aromatic N) is 1. The predicted octanol–water partition coefficient (Wildman–Crippen LogP) is 0.518. The van der Waals surface area contributed by atoms with Gasteiger partial charge in [-0.1, -0.05) is 13.3 Å². The highest BCUT2D eigenvalue weighted by Crippen LogP contribution is 2.06. The molecule has 1 heterocycles. The van der Waals surface area contributed by atoms with E-state index >= 15 is 0 Å². The van der Waals surface area contributed by atoms with Gasteiger partial charge in [0.05, 0.1) is 5.92 Å². The second-order valence-corrected chi connectivity index (χ2v) is 2.15. The van der Waals surface area contributed by atoms with Crippen molar-refractivity contribution in [3.8, 4) is 0 Å². The van der Waals surface area contributed by atoms with Gasteiger partial charge < -0.3 is 0 Å². The van der Waals surface area contributed by atoms with E-state index in [0.29, 0.717) is 0 Å². The molecule has 1 aliphatic rings. The lowest BCUT2D eigenvalue weighted by molar-refractivity contribution is -0.122. The van der Waals surface area contributed by atoms with Crippen LogP contribution in [-0.2, 0) is 4.79 Å². The molecule has 0 saturated carbocycles. The fourth-order valence-corrected chi connectivity index (χ4v) is 0.858. The first-order valence-electron chi connectivity index (χ1n) is 3.17. The molecule has 0 aromatic carbocycles. The van der Waals surface area contributed by atoms with Crippen molar-refractivity contribution >= 4 is 12.1 Å². The smallest absolute Gasteiger partial charge is 0.248 e. The highest BCUT2D eigenvalue weighted by molar-refractivity contribution is 5.97. The molecule has 50 valence electrons. The topological polar surface area (TPSA) is 41.5 Å². The molecule has 0 radical (unpaired) electrons. The molecule has 1 unspecified atom stereocenters. The van der Waals surface area contributed by atoms with E-state index in [4.69, 9.17) is 0 Å². The van der Waals surface area contributed by atoms with Gasteiger partial charge in [-0.2, -0.15) is 5.10 Å². The maximum Gasteiger partial charge on any atom is 0.248 e. The molecular formula is C6H10N2O. The van der Waals surface area contributed by atoms with Crippen molar-refractivity contribution in [3.05, 3.63) is 0 Å². The number of carbonyl (C=O) groups excluding carboxylic acids is 1. The van der Waals surface area contributed by atoms with Crippen LogP contribution in [0, 0.1) is 5.92 Å². The highest BCUT2D eigenvalue weighted by Gasteiger charge is 2.18. The molecule has 3 heteroatoms. The average molecular weight is 126 g/mol. The summed E-state index contributed by atoms with van der Waals surface area (Å²) in [7, 11) is 0. The van der Waals surface area contributed by atoms with E-state index in [1.165, 1.54) is 0 Å². The van der Waals surface area contributed by atoms with E-state index in [1.54, 1.807) is 6.21 Å². The van der Waals surface area contributed by atoms with Gasteiger partial charge in [0.2, 0.25) is 5.91 Å². The summed E-state index contributed by atoms with van der Waals surface area (Å²) in [6.45, 7) is 2.06. The zero-order chi connectivity index (χ0) is 6.69. The molecule has 9 heavy (non-hydrogen) atoms. The minimum absolute atomic E-state index is 0.0370. The highest BCUT2D eigenvalue weighted by atomic mass is 16.2. The first kappa shape index (κ1) is 6.26. The Balaban J connectivity index is 2.40. The minimum Gasteiger partial charge on any atom is -0.272 e. The normalized spacial score (nSPS) is 24.6. The molecule has 1 aliphatic heterocycles. The Morgan fingerprint density at radius 1 is 1.89 bits per heavy atom. The quantitative estimate of drug-likeness (QED) is 0.575. The first-order valence-corrected chi connectivity index (χ1v) is 3.17. The molecular weight excluding hydrogens is 116 g/mol. The van der Waals surface area contributed by atoms with Crippen molar-refractivity contribution in [2.75, 3.05) is 0 Å². The molecule has 0 aromatic rings. The zero-order valence-electron chi connectivity index (χ0n) is 5.42. The van der Waals surface area contributed by atoms with Crippen LogP contribution in [0.25, 0.3) is 0 Å². The van der Waals surface area contributed by atoms with Gasteiger partial charge in [0.15, 0.2) is 0 Å². The Kier molecular flexibility index (Phi) is 1.82. The predicted molar refractivity (Wildman–Crippen MR) is 35.0 cm³/mol. The van der Waals surface area contributed by atoms with Gasteiger partial charge in [0, 0.05) is 6.21 Å². The van der Waals surface area contributed by atoms with Gasteiger partial charge in [-0.15, -0.1) is 0 Å². The molecule has 0 spiro atoms. The molecule has 1 amide bonds. The van der Waals surface area contributed by atoms with Gasteiger partial charge in [0.25, 0.3) is 0 Å². The van der Waals surface area contributed by atoms with E-state index in [1.807, 2.05) is 0 Å². The molecule has 1 N–H and O–H groups in total. The number of hydrazone groups is 1. The molecule has 0 aromatic heterocycles. The van der Waals surface area contributed by atoms with Crippen LogP contribution in [0.5, 0.6) is 0 Å². The monoisotopic (exact) mass is 126 g/mol. The Morgan fingerprint density at radius 2 is 2.67 bits per heavy atom. The van der Waals surface area contributed by atoms with E-state index < -0.39 is 0 Å². The summed E-state index contributed by atoms with van der Waals surface area (Å²) in [5.74, 6) is 0.0758. The molecule has 1 rings (SSSR count). The minimum atomic E-state index is 0.0370. The molecule has 0 bridgehead atoms. The summed E-state index contributed by atoms with van der Waals surface area (Å²) >= 11 is 0. The second kappa shape index (κ2) is 2.62. The van der Waals surface area contributed by atoms with Gasteiger partial charge in [0.1, 0.15) is 0 Å². The number of carbonyl (C=O) groups is 1. The third-order valence-corrected chi connectivity index (χ3v) is 1.37. The summed E-state index contributed by atoms with van der Waals surface area (Å²) in [6.07, 6.45) is 3.62. The van der Waals surface area contributed by atoms with Gasteiger partial charge in [-0.05, 0) is 6.42 Å². The van der Waals surface area contributed by atoms with Crippen LogP contribution in [0.15, 0.2) is 5.10 Å². The fourth-order valence-electron chi connectivity index (χ4n) is 0.858. The third kappa shape index (κ3) is 1.28. The van der Waals surface area contributed by atoms with Crippen molar-refractivity contribution < 1.29 is 4.79 Å². The maximum absolute atomic E-state index is 10.7.